The molecular weight excluding hydrogens is 274 g/mol. The van der Waals surface area contributed by atoms with E-state index in [1.54, 1.807) is 0 Å². The van der Waals surface area contributed by atoms with Gasteiger partial charge in [-0.15, -0.1) is 6.42 Å². The van der Waals surface area contributed by atoms with E-state index in [-0.39, 0.29) is 6.10 Å². The number of β-amino-alcohol motifs (C(OH)–C–C–N with tert-alkyl or cyclic N) is 1. The van der Waals surface area contributed by atoms with E-state index >= 15 is 0 Å². The van der Waals surface area contributed by atoms with Crippen LogP contribution in [-0.4, -0.2) is 78.8 Å². The van der Waals surface area contributed by atoms with Crippen molar-refractivity contribution >= 4 is 0 Å². The van der Waals surface area contributed by atoms with Crippen LogP contribution in [0, 0.1) is 12.3 Å². The van der Waals surface area contributed by atoms with Crippen LogP contribution in [0.4, 0.5) is 0 Å². The molecular formula is C18H27N3O. The first-order valence-corrected chi connectivity index (χ1v) is 7.96. The van der Waals surface area contributed by atoms with Crippen molar-refractivity contribution in [3.05, 3.63) is 35.9 Å². The Kier molecular flexibility index (Phi) is 6.88. The number of piperazine rings is 1. The maximum atomic E-state index is 10.3. The first-order valence-electron chi connectivity index (χ1n) is 7.96. The van der Waals surface area contributed by atoms with E-state index in [0.29, 0.717) is 6.54 Å². The predicted octanol–water partition coefficient (Wildman–Crippen LogP) is 0.730. The van der Waals surface area contributed by atoms with E-state index in [2.05, 4.69) is 51.9 Å². The number of benzene rings is 1. The monoisotopic (exact) mass is 301 g/mol. The summed E-state index contributed by atoms with van der Waals surface area (Å²) in [4.78, 5) is 6.78. The predicted molar refractivity (Wildman–Crippen MR) is 90.5 cm³/mol. The number of likely N-dealkylation sites (N-methyl/N-ethyl adjacent to an activating group) is 1. The highest BCUT2D eigenvalue weighted by molar-refractivity contribution is 5.14. The lowest BCUT2D eigenvalue weighted by molar-refractivity contribution is 0.0570. The molecule has 0 aromatic heterocycles. The molecule has 1 aromatic rings. The number of nitrogens with zero attached hydrogens (tertiary/aromatic N) is 3. The third kappa shape index (κ3) is 5.78. The SMILES string of the molecule is C#CCN1CCN(CC(O)CN(C)Cc2ccccc2)CC1. The Morgan fingerprint density at radius 3 is 2.45 bits per heavy atom. The van der Waals surface area contributed by atoms with Gasteiger partial charge in [0.15, 0.2) is 0 Å². The second-order valence-electron chi connectivity index (χ2n) is 6.12. The second-order valence-corrected chi connectivity index (χ2v) is 6.12. The molecule has 1 fully saturated rings. The zero-order chi connectivity index (χ0) is 15.8. The zero-order valence-electron chi connectivity index (χ0n) is 13.5. The molecule has 0 aliphatic carbocycles. The molecule has 1 aliphatic rings. The largest absolute Gasteiger partial charge is 0.390 e. The minimum Gasteiger partial charge on any atom is -0.390 e. The lowest BCUT2D eigenvalue weighted by atomic mass is 10.2. The van der Waals surface area contributed by atoms with Gasteiger partial charge in [0.05, 0.1) is 12.6 Å². The lowest BCUT2D eigenvalue weighted by Crippen LogP contribution is -2.49. The molecule has 2 rings (SSSR count). The van der Waals surface area contributed by atoms with Gasteiger partial charge in [-0.05, 0) is 12.6 Å². The standard InChI is InChI=1S/C18H27N3O/c1-3-9-20-10-12-21(13-11-20)16-18(22)15-19(2)14-17-7-5-4-6-8-17/h1,4-8,18,22H,9-16H2,2H3. The Labute approximate surface area is 134 Å². The van der Waals surface area contributed by atoms with Crippen LogP contribution in [0.3, 0.4) is 0 Å². The fraction of sp³-hybridized carbons (Fsp3) is 0.556. The van der Waals surface area contributed by atoms with Crippen molar-refractivity contribution in [1.82, 2.24) is 14.7 Å². The molecule has 0 radical (unpaired) electrons. The highest BCUT2D eigenvalue weighted by Crippen LogP contribution is 2.06. The van der Waals surface area contributed by atoms with Crippen LogP contribution in [0.1, 0.15) is 5.56 Å². The third-order valence-corrected chi connectivity index (χ3v) is 4.07. The Bertz CT molecular complexity index is 463. The number of hydrogen-bond donors (Lipinski definition) is 1. The van der Waals surface area contributed by atoms with E-state index in [0.717, 1.165) is 45.8 Å². The number of terminal acetylenes is 1. The summed E-state index contributed by atoms with van der Waals surface area (Å²) in [6.07, 6.45) is 5.03. The van der Waals surface area contributed by atoms with Crippen LogP contribution in [0.15, 0.2) is 30.3 Å². The Morgan fingerprint density at radius 2 is 1.82 bits per heavy atom. The van der Waals surface area contributed by atoms with Crippen LogP contribution >= 0.6 is 0 Å². The van der Waals surface area contributed by atoms with Gasteiger partial charge in [0, 0.05) is 45.8 Å². The van der Waals surface area contributed by atoms with Gasteiger partial charge in [0.2, 0.25) is 0 Å². The number of aliphatic hydroxyl groups excluding tert-OH is 1. The molecule has 120 valence electrons. The van der Waals surface area contributed by atoms with Crippen molar-refractivity contribution in [2.24, 2.45) is 0 Å². The van der Waals surface area contributed by atoms with Crippen molar-refractivity contribution in [2.75, 3.05) is 52.9 Å². The molecule has 1 unspecified atom stereocenters. The topological polar surface area (TPSA) is 30.0 Å². The maximum Gasteiger partial charge on any atom is 0.0793 e. The van der Waals surface area contributed by atoms with Crippen molar-refractivity contribution in [3.8, 4) is 12.3 Å². The summed E-state index contributed by atoms with van der Waals surface area (Å²) in [5.74, 6) is 2.69. The van der Waals surface area contributed by atoms with Crippen molar-refractivity contribution < 1.29 is 5.11 Å². The molecule has 1 saturated heterocycles. The summed E-state index contributed by atoms with van der Waals surface area (Å²) in [5, 5.41) is 10.3. The Morgan fingerprint density at radius 1 is 1.18 bits per heavy atom. The van der Waals surface area contributed by atoms with E-state index in [9.17, 15) is 5.11 Å². The van der Waals surface area contributed by atoms with E-state index in [4.69, 9.17) is 6.42 Å². The quantitative estimate of drug-likeness (QED) is 0.752. The van der Waals surface area contributed by atoms with Crippen LogP contribution in [-0.2, 0) is 6.54 Å². The molecule has 1 N–H and O–H groups in total. The van der Waals surface area contributed by atoms with Gasteiger partial charge in [-0.1, -0.05) is 36.3 Å². The molecule has 0 amide bonds. The van der Waals surface area contributed by atoms with Crippen LogP contribution < -0.4 is 0 Å². The molecule has 4 nitrogen and oxygen atoms in total. The first-order chi connectivity index (χ1) is 10.7. The molecule has 4 heteroatoms. The summed E-state index contributed by atoms with van der Waals surface area (Å²) < 4.78 is 0. The highest BCUT2D eigenvalue weighted by atomic mass is 16.3. The summed E-state index contributed by atoms with van der Waals surface area (Å²) in [7, 11) is 2.06. The number of aliphatic hydroxyl groups is 1. The number of rotatable bonds is 7. The average Bonchev–Trinajstić information content (AvgIpc) is 2.50. The Hall–Kier alpha value is -1.38. The lowest BCUT2D eigenvalue weighted by Gasteiger charge is -2.35. The van der Waals surface area contributed by atoms with Crippen molar-refractivity contribution in [2.45, 2.75) is 12.6 Å². The average molecular weight is 301 g/mol. The fourth-order valence-corrected chi connectivity index (χ4v) is 2.93. The van der Waals surface area contributed by atoms with Gasteiger partial charge in [-0.2, -0.15) is 0 Å². The molecule has 0 bridgehead atoms. The maximum absolute atomic E-state index is 10.3. The molecule has 1 aliphatic heterocycles. The first kappa shape index (κ1) is 17.0. The van der Waals surface area contributed by atoms with Crippen molar-refractivity contribution in [1.29, 1.82) is 0 Å². The fourth-order valence-electron chi connectivity index (χ4n) is 2.93. The van der Waals surface area contributed by atoms with Gasteiger partial charge >= 0.3 is 0 Å². The minimum absolute atomic E-state index is 0.312. The second kappa shape index (κ2) is 8.92. The van der Waals surface area contributed by atoms with Gasteiger partial charge < -0.3 is 5.11 Å². The van der Waals surface area contributed by atoms with Crippen molar-refractivity contribution in [3.63, 3.8) is 0 Å². The summed E-state index contributed by atoms with van der Waals surface area (Å²) >= 11 is 0. The highest BCUT2D eigenvalue weighted by Gasteiger charge is 2.19. The molecule has 1 aromatic carbocycles. The molecule has 1 heterocycles. The Balaban J connectivity index is 1.67. The van der Waals surface area contributed by atoms with E-state index in [1.807, 2.05) is 6.07 Å². The van der Waals surface area contributed by atoms with Gasteiger partial charge in [-0.3, -0.25) is 14.7 Å². The van der Waals surface area contributed by atoms with Crippen LogP contribution in [0.5, 0.6) is 0 Å². The zero-order valence-corrected chi connectivity index (χ0v) is 13.5. The van der Waals surface area contributed by atoms with Gasteiger partial charge in [-0.25, -0.2) is 0 Å². The minimum atomic E-state index is -0.312. The normalized spacial score (nSPS) is 18.3. The molecule has 0 spiro atoms. The summed E-state index contributed by atoms with van der Waals surface area (Å²) in [5.41, 5.74) is 1.28. The van der Waals surface area contributed by atoms with Crippen LogP contribution in [0.2, 0.25) is 0 Å². The van der Waals surface area contributed by atoms with E-state index in [1.165, 1.54) is 5.56 Å². The van der Waals surface area contributed by atoms with Gasteiger partial charge in [0.1, 0.15) is 0 Å². The summed E-state index contributed by atoms with van der Waals surface area (Å²) in [6.45, 7) is 7.00. The molecule has 22 heavy (non-hydrogen) atoms. The molecule has 1 atom stereocenters. The third-order valence-electron chi connectivity index (χ3n) is 4.07. The smallest absolute Gasteiger partial charge is 0.0793 e. The molecule has 0 saturated carbocycles. The van der Waals surface area contributed by atoms with Gasteiger partial charge in [0.25, 0.3) is 0 Å². The summed E-state index contributed by atoms with van der Waals surface area (Å²) in [6, 6.07) is 10.4. The van der Waals surface area contributed by atoms with E-state index < -0.39 is 0 Å². The number of hydrogen-bond acceptors (Lipinski definition) is 4. The van der Waals surface area contributed by atoms with Crippen LogP contribution in [0.25, 0.3) is 0 Å².